The van der Waals surface area contributed by atoms with Gasteiger partial charge in [-0.1, -0.05) is 12.1 Å². The number of hydrogen-bond donors (Lipinski definition) is 1. The fraction of sp³-hybridized carbons (Fsp3) is 0.316. The van der Waals surface area contributed by atoms with Gasteiger partial charge in [0.05, 0.1) is 25.1 Å². The fourth-order valence-corrected chi connectivity index (χ4v) is 4.92. The van der Waals surface area contributed by atoms with Crippen LogP contribution in [0.25, 0.3) is 0 Å². The first-order chi connectivity index (χ1) is 13.4. The average Bonchev–Trinajstić information content (AvgIpc) is 2.96. The lowest BCUT2D eigenvalue weighted by atomic mass is 10.0. The van der Waals surface area contributed by atoms with Crippen molar-refractivity contribution in [2.24, 2.45) is 4.99 Å². The Morgan fingerprint density at radius 3 is 2.57 bits per heavy atom. The van der Waals surface area contributed by atoms with Gasteiger partial charge in [-0.05, 0) is 53.5 Å². The maximum Gasteiger partial charge on any atom is 0.335 e. The summed E-state index contributed by atoms with van der Waals surface area (Å²) < 4.78 is 24.1. The minimum Gasteiger partial charge on any atom is -0.310 e. The number of carbonyl (C=O) groups is 1. The van der Waals surface area contributed by atoms with Crippen molar-refractivity contribution in [3.05, 3.63) is 52.1 Å². The number of benzene rings is 1. The molecular weight excluding hydrogens is 445 g/mol. The SMILES string of the molecule is CCOP(=O)(Cc1ccc(N=CC2C(=O)Nc3ncc(Br)cc32)cc1)OCC. The minimum absolute atomic E-state index is 0.157. The van der Waals surface area contributed by atoms with E-state index in [1.807, 2.05) is 18.2 Å². The second-order valence-electron chi connectivity index (χ2n) is 6.11. The normalized spacial score (nSPS) is 16.4. The maximum absolute atomic E-state index is 12.6. The number of pyridine rings is 1. The largest absolute Gasteiger partial charge is 0.335 e. The average molecular weight is 466 g/mol. The van der Waals surface area contributed by atoms with Crippen LogP contribution in [0.4, 0.5) is 11.5 Å². The van der Waals surface area contributed by atoms with Gasteiger partial charge in [0.1, 0.15) is 11.7 Å². The quantitative estimate of drug-likeness (QED) is 0.435. The highest BCUT2D eigenvalue weighted by Crippen LogP contribution is 2.51. The number of aliphatic imine (C=N–C) groups is 1. The molecule has 9 heteroatoms. The molecule has 0 saturated carbocycles. The first-order valence-corrected chi connectivity index (χ1v) is 11.4. The summed E-state index contributed by atoms with van der Waals surface area (Å²) in [6.45, 7) is 4.23. The molecule has 1 aromatic heterocycles. The molecule has 1 amide bonds. The highest BCUT2D eigenvalue weighted by molar-refractivity contribution is 9.10. The van der Waals surface area contributed by atoms with Crippen molar-refractivity contribution in [1.29, 1.82) is 0 Å². The molecule has 1 aliphatic rings. The molecule has 148 valence electrons. The van der Waals surface area contributed by atoms with Gasteiger partial charge in [-0.25, -0.2) is 4.98 Å². The van der Waals surface area contributed by atoms with E-state index in [0.29, 0.717) is 24.7 Å². The van der Waals surface area contributed by atoms with Crippen LogP contribution in [0.15, 0.2) is 46.0 Å². The molecule has 28 heavy (non-hydrogen) atoms. The summed E-state index contributed by atoms with van der Waals surface area (Å²) in [5.41, 5.74) is 2.31. The molecule has 0 bridgehead atoms. The van der Waals surface area contributed by atoms with Crippen molar-refractivity contribution in [2.45, 2.75) is 25.9 Å². The van der Waals surface area contributed by atoms with E-state index in [9.17, 15) is 9.36 Å². The second kappa shape index (κ2) is 9.09. The predicted molar refractivity (Wildman–Crippen MR) is 112 cm³/mol. The Labute approximate surface area is 172 Å². The summed E-state index contributed by atoms with van der Waals surface area (Å²) in [5, 5.41) is 2.75. The lowest BCUT2D eigenvalue weighted by Crippen LogP contribution is -2.12. The minimum atomic E-state index is -3.14. The van der Waals surface area contributed by atoms with E-state index in [0.717, 1.165) is 15.6 Å². The standard InChI is InChI=1S/C19H21BrN3O4P/c1-3-26-28(25,27-4-2)12-13-5-7-15(8-6-13)21-11-17-16-9-14(20)10-22-18(16)23-19(17)24/h5-11,17H,3-4,12H2,1-2H3,(H,22,23,24). The van der Waals surface area contributed by atoms with Crippen LogP contribution in [-0.4, -0.2) is 30.3 Å². The number of nitrogens with zero attached hydrogens (tertiary/aromatic N) is 2. The third kappa shape index (κ3) is 4.94. The van der Waals surface area contributed by atoms with Crippen LogP contribution in [-0.2, 0) is 24.6 Å². The lowest BCUT2D eigenvalue weighted by Gasteiger charge is -2.16. The molecule has 1 atom stereocenters. The Morgan fingerprint density at radius 2 is 1.93 bits per heavy atom. The molecule has 7 nitrogen and oxygen atoms in total. The summed E-state index contributed by atoms with van der Waals surface area (Å²) in [6, 6.07) is 9.14. The molecule has 0 aliphatic carbocycles. The highest BCUT2D eigenvalue weighted by atomic mass is 79.9. The Hall–Kier alpha value is -1.86. The first-order valence-electron chi connectivity index (χ1n) is 8.91. The van der Waals surface area contributed by atoms with E-state index in [4.69, 9.17) is 9.05 Å². The Morgan fingerprint density at radius 1 is 1.25 bits per heavy atom. The van der Waals surface area contributed by atoms with Crippen LogP contribution in [0.5, 0.6) is 0 Å². The van der Waals surface area contributed by atoms with Crippen molar-refractivity contribution < 1.29 is 18.4 Å². The zero-order valence-corrected chi connectivity index (χ0v) is 18.1. The monoisotopic (exact) mass is 465 g/mol. The number of rotatable bonds is 8. The van der Waals surface area contributed by atoms with Crippen molar-refractivity contribution >= 4 is 47.2 Å². The van der Waals surface area contributed by atoms with Crippen LogP contribution in [0.1, 0.15) is 30.9 Å². The molecular formula is C19H21BrN3O4P. The van der Waals surface area contributed by atoms with Crippen molar-refractivity contribution in [3.63, 3.8) is 0 Å². The van der Waals surface area contributed by atoms with Gasteiger partial charge < -0.3 is 14.4 Å². The van der Waals surface area contributed by atoms with Gasteiger partial charge in [-0.2, -0.15) is 0 Å². The smallest absolute Gasteiger partial charge is 0.310 e. The molecule has 0 saturated heterocycles. The molecule has 1 aliphatic heterocycles. The number of nitrogens with one attached hydrogen (secondary N) is 1. The zero-order chi connectivity index (χ0) is 20.1. The number of fused-ring (bicyclic) bond motifs is 1. The number of hydrogen-bond acceptors (Lipinski definition) is 6. The highest BCUT2D eigenvalue weighted by Gasteiger charge is 2.30. The second-order valence-corrected chi connectivity index (χ2v) is 9.08. The molecule has 1 N–H and O–H groups in total. The first kappa shape index (κ1) is 20.9. The summed E-state index contributed by atoms with van der Waals surface area (Å²) in [4.78, 5) is 20.8. The lowest BCUT2D eigenvalue weighted by molar-refractivity contribution is -0.115. The van der Waals surface area contributed by atoms with E-state index in [1.165, 1.54) is 0 Å². The topological polar surface area (TPSA) is 89.9 Å². The van der Waals surface area contributed by atoms with Gasteiger partial charge in [0.25, 0.3) is 0 Å². The fourth-order valence-electron chi connectivity index (χ4n) is 2.87. The van der Waals surface area contributed by atoms with E-state index >= 15 is 0 Å². The molecule has 2 heterocycles. The van der Waals surface area contributed by atoms with Crippen LogP contribution in [0.3, 0.4) is 0 Å². The van der Waals surface area contributed by atoms with Crippen LogP contribution in [0.2, 0.25) is 0 Å². The molecule has 2 aromatic rings. The summed E-state index contributed by atoms with van der Waals surface area (Å²) in [5.74, 6) is -0.0891. The summed E-state index contributed by atoms with van der Waals surface area (Å²) in [6.07, 6.45) is 3.45. The number of aromatic nitrogens is 1. The number of anilines is 1. The van der Waals surface area contributed by atoms with E-state index in [1.54, 1.807) is 38.4 Å². The van der Waals surface area contributed by atoms with Crippen molar-refractivity contribution in [3.8, 4) is 0 Å². The molecule has 0 spiro atoms. The number of amides is 1. The van der Waals surface area contributed by atoms with Gasteiger partial charge in [-0.15, -0.1) is 0 Å². The molecule has 1 aromatic carbocycles. The van der Waals surface area contributed by atoms with Gasteiger partial charge in [0.15, 0.2) is 0 Å². The summed E-state index contributed by atoms with van der Waals surface area (Å²) in [7, 11) is -3.14. The van der Waals surface area contributed by atoms with E-state index in [-0.39, 0.29) is 12.1 Å². The van der Waals surface area contributed by atoms with Crippen LogP contribution in [0, 0.1) is 0 Å². The zero-order valence-electron chi connectivity index (χ0n) is 15.6. The predicted octanol–water partition coefficient (Wildman–Crippen LogP) is 5.05. The van der Waals surface area contributed by atoms with Crippen LogP contribution >= 0.6 is 23.5 Å². The van der Waals surface area contributed by atoms with Gasteiger partial charge in [0, 0.05) is 22.4 Å². The van der Waals surface area contributed by atoms with Gasteiger partial charge >= 0.3 is 7.60 Å². The van der Waals surface area contributed by atoms with Gasteiger partial charge in [-0.3, -0.25) is 14.4 Å². The molecule has 0 radical (unpaired) electrons. The van der Waals surface area contributed by atoms with Crippen LogP contribution < -0.4 is 5.32 Å². The van der Waals surface area contributed by atoms with Gasteiger partial charge in [0.2, 0.25) is 5.91 Å². The summed E-state index contributed by atoms with van der Waals surface area (Å²) >= 11 is 3.37. The number of carbonyl (C=O) groups excluding carboxylic acids is 1. The molecule has 0 fully saturated rings. The third-order valence-corrected chi connectivity index (χ3v) is 6.57. The van der Waals surface area contributed by atoms with Crippen molar-refractivity contribution in [1.82, 2.24) is 4.98 Å². The van der Waals surface area contributed by atoms with E-state index < -0.39 is 13.5 Å². The molecule has 3 rings (SSSR count). The molecule has 1 unspecified atom stereocenters. The Balaban J connectivity index is 1.72. The number of halogens is 1. The Kier molecular flexibility index (Phi) is 6.78. The Bertz CT molecular complexity index is 923. The van der Waals surface area contributed by atoms with E-state index in [2.05, 4.69) is 31.2 Å². The van der Waals surface area contributed by atoms with Crippen molar-refractivity contribution in [2.75, 3.05) is 18.5 Å². The third-order valence-electron chi connectivity index (χ3n) is 4.08. The maximum atomic E-state index is 12.6.